The first kappa shape index (κ1) is 30.8. The van der Waals surface area contributed by atoms with Gasteiger partial charge in [-0.05, 0) is 6.08 Å². The predicted molar refractivity (Wildman–Crippen MR) is 117 cm³/mol. The summed E-state index contributed by atoms with van der Waals surface area (Å²) in [4.78, 5) is 61.5. The molecule has 0 radical (unpaired) electrons. The fraction of sp³-hybridized carbons (Fsp3) is 0.682. The van der Waals surface area contributed by atoms with Crippen LogP contribution in [0.25, 0.3) is 0 Å². The third-order valence-electron chi connectivity index (χ3n) is 5.48. The Bertz CT molecular complexity index is 934. The van der Waals surface area contributed by atoms with E-state index in [1.165, 1.54) is 6.08 Å². The Morgan fingerprint density at radius 2 is 1.66 bits per heavy atom. The van der Waals surface area contributed by atoms with E-state index in [-0.39, 0.29) is 26.3 Å². The number of alkyl halides is 3. The van der Waals surface area contributed by atoms with Crippen LogP contribution in [0.3, 0.4) is 0 Å². The highest BCUT2D eigenvalue weighted by Gasteiger charge is 2.52. The van der Waals surface area contributed by atoms with Gasteiger partial charge in [0.1, 0.15) is 6.61 Å². The van der Waals surface area contributed by atoms with E-state index in [4.69, 9.17) is 28.4 Å². The monoisotopic (exact) mass is 554 g/mol. The third kappa shape index (κ3) is 8.58. The molecule has 1 saturated heterocycles. The van der Waals surface area contributed by atoms with E-state index < -0.39 is 78.7 Å². The first-order valence-electron chi connectivity index (χ1n) is 11.4. The average Bonchev–Trinajstić information content (AvgIpc) is 2.84. The molecule has 1 fully saturated rings. The molecule has 0 aromatic rings. The zero-order chi connectivity index (χ0) is 28.6. The second kappa shape index (κ2) is 13.4. The van der Waals surface area contributed by atoms with Gasteiger partial charge in [0, 0.05) is 33.9 Å². The molecule has 2 aliphatic rings. The maximum absolute atomic E-state index is 13.3. The minimum absolute atomic E-state index is 0.194. The predicted octanol–water partition coefficient (Wildman–Crippen LogP) is -0.383. The molecular weight excluding hydrogens is 525 g/mol. The van der Waals surface area contributed by atoms with Crippen molar-refractivity contribution in [2.45, 2.75) is 57.3 Å². The van der Waals surface area contributed by atoms with E-state index in [0.717, 1.165) is 27.9 Å². The number of amides is 1. The molecule has 0 unspecified atom stereocenters. The lowest BCUT2D eigenvalue weighted by Gasteiger charge is -2.46. The van der Waals surface area contributed by atoms with E-state index in [0.29, 0.717) is 0 Å². The van der Waals surface area contributed by atoms with Crippen molar-refractivity contribution in [1.29, 1.82) is 0 Å². The SMILES string of the molecule is COC(=O)C1=C[C@@H](N2CCOCC2)[C@@H](NC(=O)C(F)(F)F)[C@@H]([C@@H](OC(C)=O)[C@@H](COC(C)=O)OC(C)=O)O1. The lowest BCUT2D eigenvalue weighted by Crippen LogP contribution is -2.66. The number of nitrogens with one attached hydrogen (secondary N) is 1. The molecule has 2 heterocycles. The van der Waals surface area contributed by atoms with Crippen molar-refractivity contribution in [1.82, 2.24) is 10.2 Å². The van der Waals surface area contributed by atoms with Gasteiger partial charge in [0.25, 0.3) is 0 Å². The number of carbonyl (C=O) groups is 5. The minimum Gasteiger partial charge on any atom is -0.477 e. The number of carbonyl (C=O) groups excluding carboxylic acids is 5. The largest absolute Gasteiger partial charge is 0.477 e. The summed E-state index contributed by atoms with van der Waals surface area (Å²) in [7, 11) is 1.04. The molecule has 38 heavy (non-hydrogen) atoms. The molecule has 0 saturated carbocycles. The van der Waals surface area contributed by atoms with Crippen molar-refractivity contribution in [2.75, 3.05) is 40.0 Å². The Labute approximate surface area is 215 Å². The number of methoxy groups -OCH3 is 1. The quantitative estimate of drug-likeness (QED) is 0.292. The molecule has 1 N–H and O–H groups in total. The zero-order valence-corrected chi connectivity index (χ0v) is 21.1. The van der Waals surface area contributed by atoms with Crippen molar-refractivity contribution in [3.63, 3.8) is 0 Å². The van der Waals surface area contributed by atoms with Crippen LogP contribution in [0.15, 0.2) is 11.8 Å². The summed E-state index contributed by atoms with van der Waals surface area (Å²) in [6, 6.07) is -2.74. The molecule has 0 bridgehead atoms. The number of hydrogen-bond donors (Lipinski definition) is 1. The zero-order valence-electron chi connectivity index (χ0n) is 21.1. The molecule has 0 spiro atoms. The number of esters is 4. The Kier molecular flexibility index (Phi) is 10.9. The van der Waals surface area contributed by atoms with Crippen LogP contribution in [0, 0.1) is 0 Å². The normalized spacial score (nSPS) is 23.6. The summed E-state index contributed by atoms with van der Waals surface area (Å²) in [5, 5.41) is 1.85. The van der Waals surface area contributed by atoms with Crippen molar-refractivity contribution < 1.29 is 65.6 Å². The van der Waals surface area contributed by atoms with Crippen LogP contribution in [0.2, 0.25) is 0 Å². The van der Waals surface area contributed by atoms with Crippen LogP contribution < -0.4 is 5.32 Å². The topological polar surface area (TPSA) is 156 Å². The summed E-state index contributed by atoms with van der Waals surface area (Å²) in [6.07, 6.45) is -9.25. The highest BCUT2D eigenvalue weighted by atomic mass is 19.4. The van der Waals surface area contributed by atoms with Crippen molar-refractivity contribution in [2.24, 2.45) is 0 Å². The second-order valence-corrected chi connectivity index (χ2v) is 8.27. The fourth-order valence-corrected chi connectivity index (χ4v) is 3.96. The van der Waals surface area contributed by atoms with Gasteiger partial charge in [-0.1, -0.05) is 0 Å². The van der Waals surface area contributed by atoms with Gasteiger partial charge < -0.3 is 33.7 Å². The smallest absolute Gasteiger partial charge is 0.471 e. The van der Waals surface area contributed by atoms with Gasteiger partial charge in [-0.25, -0.2) is 4.79 Å². The maximum atomic E-state index is 13.3. The standard InChI is InChI=1S/C22H29F3N2O11/c1-11(28)35-10-16(36-12(2)29)18(37-13(3)30)19-17(26-21(32)22(23,24)25)14(27-5-7-34-8-6-27)9-15(38-19)20(31)33-4/h9,14,16-19H,5-8,10H2,1-4H3,(H,26,32)/t14-,16-,17-,18+,19+/m1/s1. The van der Waals surface area contributed by atoms with Gasteiger partial charge >= 0.3 is 36.0 Å². The number of morpholine rings is 1. The summed E-state index contributed by atoms with van der Waals surface area (Å²) in [6.45, 7) is 3.09. The molecule has 2 rings (SSSR count). The fourth-order valence-electron chi connectivity index (χ4n) is 3.96. The van der Waals surface area contributed by atoms with Crippen LogP contribution >= 0.6 is 0 Å². The van der Waals surface area contributed by atoms with Gasteiger partial charge in [0.2, 0.25) is 5.76 Å². The van der Waals surface area contributed by atoms with Crippen LogP contribution in [-0.4, -0.2) is 111 Å². The van der Waals surface area contributed by atoms with Crippen molar-refractivity contribution in [3.8, 4) is 0 Å². The molecule has 214 valence electrons. The Morgan fingerprint density at radius 1 is 1.05 bits per heavy atom. The Morgan fingerprint density at radius 3 is 2.16 bits per heavy atom. The molecule has 13 nitrogen and oxygen atoms in total. The third-order valence-corrected chi connectivity index (χ3v) is 5.48. The number of halogens is 3. The van der Waals surface area contributed by atoms with Crippen LogP contribution in [-0.2, 0) is 52.4 Å². The maximum Gasteiger partial charge on any atom is 0.471 e. The number of ether oxygens (including phenoxy) is 6. The molecule has 1 amide bonds. The summed E-state index contributed by atoms with van der Waals surface area (Å²) >= 11 is 0. The summed E-state index contributed by atoms with van der Waals surface area (Å²) in [5.41, 5.74) is 0. The van der Waals surface area contributed by atoms with E-state index in [9.17, 15) is 37.1 Å². The lowest BCUT2D eigenvalue weighted by molar-refractivity contribution is -0.192. The highest BCUT2D eigenvalue weighted by Crippen LogP contribution is 2.30. The molecule has 16 heteroatoms. The number of hydrogen-bond acceptors (Lipinski definition) is 12. The molecule has 5 atom stereocenters. The van der Waals surface area contributed by atoms with Crippen LogP contribution in [0.5, 0.6) is 0 Å². The van der Waals surface area contributed by atoms with Gasteiger partial charge in [0.15, 0.2) is 18.3 Å². The first-order valence-corrected chi connectivity index (χ1v) is 11.4. The van der Waals surface area contributed by atoms with Crippen molar-refractivity contribution in [3.05, 3.63) is 11.8 Å². The first-order chi connectivity index (χ1) is 17.7. The molecular formula is C22H29F3N2O11. The molecule has 0 aliphatic carbocycles. The van der Waals surface area contributed by atoms with Gasteiger partial charge in [0.05, 0.1) is 32.4 Å². The molecule has 0 aromatic heterocycles. The lowest BCUT2D eigenvalue weighted by atomic mass is 9.90. The van der Waals surface area contributed by atoms with E-state index in [1.54, 1.807) is 4.90 Å². The van der Waals surface area contributed by atoms with Gasteiger partial charge in [-0.2, -0.15) is 13.2 Å². The molecule has 0 aromatic carbocycles. The van der Waals surface area contributed by atoms with Crippen LogP contribution in [0.1, 0.15) is 20.8 Å². The second-order valence-electron chi connectivity index (χ2n) is 8.27. The highest BCUT2D eigenvalue weighted by molar-refractivity contribution is 5.87. The van der Waals surface area contributed by atoms with Gasteiger partial charge in [-0.3, -0.25) is 24.1 Å². The van der Waals surface area contributed by atoms with E-state index in [2.05, 4.69) is 0 Å². The van der Waals surface area contributed by atoms with E-state index >= 15 is 0 Å². The number of rotatable bonds is 9. The summed E-state index contributed by atoms with van der Waals surface area (Å²) < 4.78 is 71.0. The minimum atomic E-state index is -5.31. The molecule has 2 aliphatic heterocycles. The van der Waals surface area contributed by atoms with Crippen molar-refractivity contribution >= 4 is 29.8 Å². The Hall–Kier alpha value is -3.40. The van der Waals surface area contributed by atoms with Crippen LogP contribution in [0.4, 0.5) is 13.2 Å². The van der Waals surface area contributed by atoms with Gasteiger partial charge in [-0.15, -0.1) is 0 Å². The Balaban J connectivity index is 2.66. The number of nitrogens with zero attached hydrogens (tertiary/aromatic N) is 1. The average molecular weight is 554 g/mol. The van der Waals surface area contributed by atoms with E-state index in [1.807, 2.05) is 5.32 Å². The summed E-state index contributed by atoms with van der Waals surface area (Å²) in [5.74, 6) is -6.51.